The van der Waals surface area contributed by atoms with Crippen LogP contribution >= 0.6 is 11.6 Å². The second kappa shape index (κ2) is 9.72. The van der Waals surface area contributed by atoms with Crippen LogP contribution in [0.5, 0.6) is 0 Å². The van der Waals surface area contributed by atoms with Crippen LogP contribution in [-0.4, -0.2) is 49.0 Å². The summed E-state index contributed by atoms with van der Waals surface area (Å²) in [5.41, 5.74) is -2.71. The molecule has 0 radical (unpaired) electrons. The number of nitrogens with one attached hydrogen (secondary N) is 1. The number of alkyl halides is 3. The number of nitrogens with zero attached hydrogens (tertiary/aromatic N) is 2. The van der Waals surface area contributed by atoms with Gasteiger partial charge in [0.2, 0.25) is 5.41 Å². The Labute approximate surface area is 197 Å². The first-order valence-electron chi connectivity index (χ1n) is 9.89. The molecule has 0 aliphatic carbocycles. The van der Waals surface area contributed by atoms with E-state index in [1.165, 1.54) is 24.3 Å². The molecule has 2 aromatic carbocycles. The highest BCUT2D eigenvalue weighted by Crippen LogP contribution is 2.36. The Hall–Kier alpha value is -3.60. The highest BCUT2D eigenvalue weighted by Gasteiger charge is 2.59. The fourth-order valence-electron chi connectivity index (χ4n) is 3.33. The largest absolute Gasteiger partial charge is 0.468 e. The Balaban J connectivity index is 1.98. The lowest BCUT2D eigenvalue weighted by Crippen LogP contribution is -2.51. The summed E-state index contributed by atoms with van der Waals surface area (Å²) in [5, 5.41) is 7.78. The predicted molar refractivity (Wildman–Crippen MR) is 116 cm³/mol. The number of amides is 2. The van der Waals surface area contributed by atoms with Crippen LogP contribution in [0.1, 0.15) is 18.1 Å². The number of carbonyl (C=O) groups excluding carboxylic acids is 3. The van der Waals surface area contributed by atoms with Crippen LogP contribution in [0.3, 0.4) is 0 Å². The number of ether oxygens (including phenoxy) is 2. The van der Waals surface area contributed by atoms with Gasteiger partial charge < -0.3 is 14.8 Å². The van der Waals surface area contributed by atoms with E-state index in [2.05, 4.69) is 10.4 Å². The number of benzene rings is 2. The zero-order chi connectivity index (χ0) is 25.1. The zero-order valence-electron chi connectivity index (χ0n) is 18.0. The summed E-state index contributed by atoms with van der Waals surface area (Å²) < 4.78 is 48.3. The number of methoxy groups -OCH3 is 1. The van der Waals surface area contributed by atoms with Crippen LogP contribution in [0, 0.1) is 5.41 Å². The van der Waals surface area contributed by atoms with Gasteiger partial charge in [0.25, 0.3) is 0 Å². The summed E-state index contributed by atoms with van der Waals surface area (Å²) >= 11 is 5.93. The van der Waals surface area contributed by atoms with E-state index in [4.69, 9.17) is 21.1 Å². The molecule has 3 rings (SSSR count). The van der Waals surface area contributed by atoms with E-state index in [1.54, 1.807) is 6.92 Å². The third kappa shape index (κ3) is 4.84. The minimum Gasteiger partial charge on any atom is -0.468 e. The van der Waals surface area contributed by atoms with Gasteiger partial charge in [-0.25, -0.2) is 9.80 Å². The summed E-state index contributed by atoms with van der Waals surface area (Å²) in [6.07, 6.45) is -4.53. The van der Waals surface area contributed by atoms with Crippen molar-refractivity contribution in [3.8, 4) is 0 Å². The standard InChI is InChI=1S/C22H19ClF3N3O5/c1-3-34-19(31)21(18(30)33-2)12-29(28-17(21)13-4-8-15(23)9-5-13)20(32)27-16-10-6-14(7-11-16)22(24,25)26/h4-11H,3,12H2,1-2H3,(H,27,32). The third-order valence-corrected chi connectivity index (χ3v) is 5.24. The van der Waals surface area contributed by atoms with Crippen molar-refractivity contribution >= 4 is 41.0 Å². The molecule has 2 amide bonds. The maximum Gasteiger partial charge on any atom is 0.416 e. The van der Waals surface area contributed by atoms with Gasteiger partial charge in [-0.2, -0.15) is 18.3 Å². The molecule has 2 aromatic rings. The van der Waals surface area contributed by atoms with E-state index in [9.17, 15) is 27.6 Å². The first-order valence-corrected chi connectivity index (χ1v) is 10.3. The number of rotatable bonds is 5. The Bertz CT molecular complexity index is 1120. The number of hydrogen-bond donors (Lipinski definition) is 1. The number of hydrogen-bond acceptors (Lipinski definition) is 6. The summed E-state index contributed by atoms with van der Waals surface area (Å²) in [4.78, 5) is 38.7. The van der Waals surface area contributed by atoms with Crippen molar-refractivity contribution in [2.45, 2.75) is 13.1 Å². The van der Waals surface area contributed by atoms with Gasteiger partial charge in [-0.3, -0.25) is 9.59 Å². The van der Waals surface area contributed by atoms with Gasteiger partial charge in [-0.05, 0) is 48.9 Å². The normalized spacial score (nSPS) is 17.7. The van der Waals surface area contributed by atoms with Crippen molar-refractivity contribution in [1.82, 2.24) is 5.01 Å². The Kier molecular flexibility index (Phi) is 7.15. The number of esters is 2. The van der Waals surface area contributed by atoms with E-state index in [0.29, 0.717) is 10.6 Å². The molecule has 8 nitrogen and oxygen atoms in total. The molecule has 1 heterocycles. The Morgan fingerprint density at radius 1 is 1.09 bits per heavy atom. The molecule has 1 aliphatic rings. The van der Waals surface area contributed by atoms with Crippen molar-refractivity contribution in [1.29, 1.82) is 0 Å². The second-order valence-corrected chi connectivity index (χ2v) is 7.57. The van der Waals surface area contributed by atoms with Crippen LogP contribution in [0.15, 0.2) is 53.6 Å². The Morgan fingerprint density at radius 2 is 1.71 bits per heavy atom. The van der Waals surface area contributed by atoms with E-state index in [-0.39, 0.29) is 18.0 Å². The van der Waals surface area contributed by atoms with Gasteiger partial charge >= 0.3 is 24.1 Å². The molecule has 0 bridgehead atoms. The molecule has 0 aromatic heterocycles. The van der Waals surface area contributed by atoms with Crippen LogP contribution in [0.25, 0.3) is 0 Å². The number of anilines is 1. The van der Waals surface area contributed by atoms with Gasteiger partial charge in [-0.15, -0.1) is 0 Å². The highest BCUT2D eigenvalue weighted by molar-refractivity contribution is 6.31. The van der Waals surface area contributed by atoms with E-state index in [1.807, 2.05) is 0 Å². The maximum absolute atomic E-state index is 13.0. The van der Waals surface area contributed by atoms with E-state index in [0.717, 1.165) is 36.4 Å². The average Bonchev–Trinajstić information content (AvgIpc) is 3.21. The number of hydrazone groups is 1. The lowest BCUT2D eigenvalue weighted by Gasteiger charge is -2.25. The molecule has 0 fully saturated rings. The number of halogens is 4. The molecule has 12 heteroatoms. The zero-order valence-corrected chi connectivity index (χ0v) is 18.7. The molecule has 0 saturated heterocycles. The molecule has 34 heavy (non-hydrogen) atoms. The van der Waals surface area contributed by atoms with Crippen LogP contribution < -0.4 is 5.32 Å². The molecule has 1 atom stereocenters. The number of carbonyl (C=O) groups is 3. The van der Waals surface area contributed by atoms with Crippen LogP contribution in [0.2, 0.25) is 5.02 Å². The topological polar surface area (TPSA) is 97.3 Å². The lowest BCUT2D eigenvalue weighted by atomic mass is 9.80. The average molecular weight is 498 g/mol. The van der Waals surface area contributed by atoms with Gasteiger partial charge in [0.05, 0.1) is 31.5 Å². The molecular weight excluding hydrogens is 479 g/mol. The first-order chi connectivity index (χ1) is 16.0. The van der Waals surface area contributed by atoms with Gasteiger partial charge in [0.1, 0.15) is 0 Å². The predicted octanol–water partition coefficient (Wildman–Crippen LogP) is 4.33. The van der Waals surface area contributed by atoms with Crippen LogP contribution in [0.4, 0.5) is 23.7 Å². The molecule has 1 N–H and O–H groups in total. The summed E-state index contributed by atoms with van der Waals surface area (Å²) in [6, 6.07) is 8.90. The number of urea groups is 1. The highest BCUT2D eigenvalue weighted by atomic mass is 35.5. The van der Waals surface area contributed by atoms with Crippen molar-refractivity contribution in [2.75, 3.05) is 25.6 Å². The summed E-state index contributed by atoms with van der Waals surface area (Å²) in [6.45, 7) is 0.943. The summed E-state index contributed by atoms with van der Waals surface area (Å²) in [5.74, 6) is -1.97. The van der Waals surface area contributed by atoms with Crippen molar-refractivity contribution in [3.05, 3.63) is 64.7 Å². The quantitative estimate of drug-likeness (QED) is 0.490. The summed E-state index contributed by atoms with van der Waals surface area (Å²) in [7, 11) is 1.08. The fraction of sp³-hybridized carbons (Fsp3) is 0.273. The first kappa shape index (κ1) is 25.0. The molecule has 0 spiro atoms. The fourth-order valence-corrected chi connectivity index (χ4v) is 3.46. The lowest BCUT2D eigenvalue weighted by molar-refractivity contribution is -0.164. The SMILES string of the molecule is CCOC(=O)C1(C(=O)OC)CN(C(=O)Nc2ccc(C(F)(F)F)cc2)N=C1c1ccc(Cl)cc1. The molecule has 1 aliphatic heterocycles. The van der Waals surface area contributed by atoms with Gasteiger partial charge in [0, 0.05) is 10.7 Å². The van der Waals surface area contributed by atoms with E-state index >= 15 is 0 Å². The second-order valence-electron chi connectivity index (χ2n) is 7.14. The Morgan fingerprint density at radius 3 is 2.24 bits per heavy atom. The van der Waals surface area contributed by atoms with E-state index < -0.39 is 41.7 Å². The monoisotopic (exact) mass is 497 g/mol. The van der Waals surface area contributed by atoms with Crippen molar-refractivity contribution < 1.29 is 37.0 Å². The molecule has 1 unspecified atom stereocenters. The maximum atomic E-state index is 13.0. The third-order valence-electron chi connectivity index (χ3n) is 4.99. The smallest absolute Gasteiger partial charge is 0.416 e. The minimum absolute atomic E-state index is 0.0490. The van der Waals surface area contributed by atoms with Crippen molar-refractivity contribution in [2.24, 2.45) is 10.5 Å². The van der Waals surface area contributed by atoms with Gasteiger partial charge in [-0.1, -0.05) is 23.7 Å². The molecule has 0 saturated carbocycles. The van der Waals surface area contributed by atoms with Gasteiger partial charge in [0.15, 0.2) is 0 Å². The molecular formula is C22H19ClF3N3O5. The minimum atomic E-state index is -4.53. The van der Waals surface area contributed by atoms with Crippen molar-refractivity contribution in [3.63, 3.8) is 0 Å². The molecule has 180 valence electrons. The van der Waals surface area contributed by atoms with Crippen LogP contribution in [-0.2, 0) is 25.2 Å².